The lowest BCUT2D eigenvalue weighted by molar-refractivity contribution is -0.140. The fourth-order valence-corrected chi connectivity index (χ4v) is 7.28. The van der Waals surface area contributed by atoms with Crippen molar-refractivity contribution in [3.8, 4) is 11.5 Å². The second kappa shape index (κ2) is 17.1. The molecule has 5 aromatic carbocycles. The van der Waals surface area contributed by atoms with E-state index in [0.29, 0.717) is 18.0 Å². The molecular formula is C40H40BrN3O5S. The van der Waals surface area contributed by atoms with Crippen LogP contribution in [0, 0.1) is 6.92 Å². The van der Waals surface area contributed by atoms with E-state index in [2.05, 4.69) is 21.2 Å². The maximum atomic E-state index is 14.7. The molecule has 0 saturated carbocycles. The number of aryl methyl sites for hydroxylation is 1. The third kappa shape index (κ3) is 9.61. The van der Waals surface area contributed by atoms with Crippen molar-refractivity contribution in [1.82, 2.24) is 10.2 Å². The van der Waals surface area contributed by atoms with Crippen LogP contribution in [0.25, 0.3) is 0 Å². The maximum absolute atomic E-state index is 14.7. The number of hydrogen-bond acceptors (Lipinski definition) is 5. The number of carbonyl (C=O) groups is 2. The molecule has 0 aromatic heterocycles. The first-order valence-electron chi connectivity index (χ1n) is 16.4. The number of nitrogens with one attached hydrogen (secondary N) is 1. The van der Waals surface area contributed by atoms with Crippen molar-refractivity contribution in [3.63, 3.8) is 0 Å². The predicted octanol–water partition coefficient (Wildman–Crippen LogP) is 7.91. The highest BCUT2D eigenvalue weighted by Crippen LogP contribution is 2.29. The van der Waals surface area contributed by atoms with Crippen LogP contribution >= 0.6 is 15.9 Å². The molecule has 50 heavy (non-hydrogen) atoms. The molecule has 10 heteroatoms. The lowest BCUT2D eigenvalue weighted by atomic mass is 10.0. The van der Waals surface area contributed by atoms with Crippen LogP contribution in [0.5, 0.6) is 11.5 Å². The van der Waals surface area contributed by atoms with Crippen LogP contribution in [0.4, 0.5) is 5.69 Å². The van der Waals surface area contributed by atoms with Gasteiger partial charge in [0, 0.05) is 24.0 Å². The van der Waals surface area contributed by atoms with E-state index >= 15 is 0 Å². The molecule has 1 unspecified atom stereocenters. The molecule has 1 atom stereocenters. The minimum atomic E-state index is -4.23. The summed E-state index contributed by atoms with van der Waals surface area (Å²) < 4.78 is 36.6. The van der Waals surface area contributed by atoms with Gasteiger partial charge in [0.15, 0.2) is 0 Å². The normalized spacial score (nSPS) is 11.7. The third-order valence-corrected chi connectivity index (χ3v) is 10.3. The Bertz CT molecular complexity index is 1970. The van der Waals surface area contributed by atoms with E-state index in [-0.39, 0.29) is 29.5 Å². The molecule has 0 spiro atoms. The summed E-state index contributed by atoms with van der Waals surface area (Å²) >= 11 is 3.52. The number of nitrogens with zero attached hydrogens (tertiary/aromatic N) is 2. The molecule has 0 saturated heterocycles. The lowest BCUT2D eigenvalue weighted by Gasteiger charge is -2.34. The molecule has 0 aliphatic heterocycles. The quantitative estimate of drug-likeness (QED) is 0.117. The van der Waals surface area contributed by atoms with E-state index in [1.54, 1.807) is 36.4 Å². The average molecular weight is 755 g/mol. The van der Waals surface area contributed by atoms with Crippen LogP contribution in [-0.2, 0) is 32.6 Å². The summed E-state index contributed by atoms with van der Waals surface area (Å²) in [5.41, 5.74) is 2.83. The first kappa shape index (κ1) is 36.4. The van der Waals surface area contributed by atoms with Gasteiger partial charge < -0.3 is 15.0 Å². The zero-order valence-electron chi connectivity index (χ0n) is 28.0. The van der Waals surface area contributed by atoms with E-state index < -0.39 is 28.5 Å². The van der Waals surface area contributed by atoms with Gasteiger partial charge in [-0.3, -0.25) is 13.9 Å². The average Bonchev–Trinajstić information content (AvgIpc) is 3.12. The van der Waals surface area contributed by atoms with Crippen LogP contribution in [0.1, 0.15) is 30.0 Å². The van der Waals surface area contributed by atoms with E-state index in [9.17, 15) is 18.0 Å². The fourth-order valence-electron chi connectivity index (χ4n) is 5.42. The second-order valence-corrected chi connectivity index (χ2v) is 14.7. The van der Waals surface area contributed by atoms with Gasteiger partial charge in [-0.05, 0) is 85.1 Å². The van der Waals surface area contributed by atoms with Gasteiger partial charge in [-0.2, -0.15) is 0 Å². The van der Waals surface area contributed by atoms with E-state index in [1.807, 2.05) is 98.8 Å². The van der Waals surface area contributed by atoms with Crippen molar-refractivity contribution < 1.29 is 22.7 Å². The summed E-state index contributed by atoms with van der Waals surface area (Å²) in [5, 5.41) is 2.97. The topological polar surface area (TPSA) is 96.0 Å². The number of anilines is 1. The van der Waals surface area contributed by atoms with Crippen molar-refractivity contribution in [3.05, 3.63) is 155 Å². The zero-order chi connectivity index (χ0) is 35.5. The molecule has 0 aliphatic carbocycles. The smallest absolute Gasteiger partial charge is 0.264 e. The Hall–Kier alpha value is -4.93. The highest BCUT2D eigenvalue weighted by molar-refractivity contribution is 9.10. The van der Waals surface area contributed by atoms with Gasteiger partial charge in [-0.25, -0.2) is 8.42 Å². The van der Waals surface area contributed by atoms with Gasteiger partial charge in [0.2, 0.25) is 11.8 Å². The molecule has 0 aliphatic rings. The predicted molar refractivity (Wildman–Crippen MR) is 201 cm³/mol. The monoisotopic (exact) mass is 753 g/mol. The highest BCUT2D eigenvalue weighted by Gasteiger charge is 2.34. The van der Waals surface area contributed by atoms with Crippen molar-refractivity contribution >= 4 is 43.5 Å². The lowest BCUT2D eigenvalue weighted by Crippen LogP contribution is -2.53. The standard InChI is InChI=1S/C40H40BrN3O5S/c1-3-25-42-40(46)38(27-31-11-6-4-7-12-31)43(28-32-13-10-14-33(41)26-32)39(45)29-44(50(47,48)37-23-17-30(2)18-24-37)34-19-21-36(22-20-34)49-35-15-8-5-9-16-35/h4-24,26,38H,3,25,27-29H2,1-2H3,(H,42,46). The van der Waals surface area contributed by atoms with Crippen LogP contribution in [0.3, 0.4) is 0 Å². The number of halogens is 1. The molecule has 8 nitrogen and oxygen atoms in total. The van der Waals surface area contributed by atoms with Crippen LogP contribution in [0.15, 0.2) is 143 Å². The van der Waals surface area contributed by atoms with Crippen molar-refractivity contribution in [2.24, 2.45) is 0 Å². The minimum absolute atomic E-state index is 0.0422. The first-order valence-corrected chi connectivity index (χ1v) is 18.7. The summed E-state index contributed by atoms with van der Waals surface area (Å²) in [6.07, 6.45) is 0.961. The van der Waals surface area contributed by atoms with Gasteiger partial charge in [0.05, 0.1) is 10.6 Å². The van der Waals surface area contributed by atoms with Gasteiger partial charge >= 0.3 is 0 Å². The number of sulfonamides is 1. The number of ether oxygens (including phenoxy) is 1. The Morgan fingerprint density at radius 2 is 1.40 bits per heavy atom. The van der Waals surface area contributed by atoms with Crippen LogP contribution < -0.4 is 14.4 Å². The van der Waals surface area contributed by atoms with E-state index in [0.717, 1.165) is 31.9 Å². The SMILES string of the molecule is CCCNC(=O)C(Cc1ccccc1)N(Cc1cccc(Br)c1)C(=O)CN(c1ccc(Oc2ccccc2)cc1)S(=O)(=O)c1ccc(C)cc1. The molecule has 0 heterocycles. The van der Waals surface area contributed by atoms with Crippen molar-refractivity contribution in [2.45, 2.75) is 44.2 Å². The Kier molecular flexibility index (Phi) is 12.5. The summed E-state index contributed by atoms with van der Waals surface area (Å²) in [6, 6.07) is 38.4. The molecule has 0 bridgehead atoms. The van der Waals surface area contributed by atoms with Crippen LogP contribution in [0.2, 0.25) is 0 Å². The molecule has 0 radical (unpaired) electrons. The molecule has 5 rings (SSSR count). The molecule has 258 valence electrons. The number of amides is 2. The summed E-state index contributed by atoms with van der Waals surface area (Å²) in [5.74, 6) is 0.298. The van der Waals surface area contributed by atoms with E-state index in [4.69, 9.17) is 4.74 Å². The minimum Gasteiger partial charge on any atom is -0.457 e. The first-order chi connectivity index (χ1) is 24.1. The second-order valence-electron chi connectivity index (χ2n) is 11.9. The Labute approximate surface area is 302 Å². The molecule has 2 amide bonds. The number of carbonyl (C=O) groups excluding carboxylic acids is 2. The van der Waals surface area contributed by atoms with Gasteiger partial charge in [-0.1, -0.05) is 101 Å². The molecule has 0 fully saturated rings. The summed E-state index contributed by atoms with van der Waals surface area (Å²) in [7, 11) is -4.23. The highest BCUT2D eigenvalue weighted by atomic mass is 79.9. The van der Waals surface area contributed by atoms with E-state index in [1.165, 1.54) is 17.0 Å². The molecule has 5 aromatic rings. The Morgan fingerprint density at radius 1 is 0.780 bits per heavy atom. The molecular weight excluding hydrogens is 714 g/mol. The van der Waals surface area contributed by atoms with Crippen molar-refractivity contribution in [2.75, 3.05) is 17.4 Å². The Morgan fingerprint density at radius 3 is 2.04 bits per heavy atom. The summed E-state index contributed by atoms with van der Waals surface area (Å²) in [4.78, 5) is 30.0. The summed E-state index contributed by atoms with van der Waals surface area (Å²) in [6.45, 7) is 3.81. The number of para-hydroxylation sites is 1. The van der Waals surface area contributed by atoms with Gasteiger partial charge in [0.1, 0.15) is 24.1 Å². The number of rotatable bonds is 15. The fraction of sp³-hybridized carbons (Fsp3) is 0.200. The number of hydrogen-bond donors (Lipinski definition) is 1. The zero-order valence-corrected chi connectivity index (χ0v) is 30.4. The Balaban J connectivity index is 1.55. The van der Waals surface area contributed by atoms with Gasteiger partial charge in [0.25, 0.3) is 10.0 Å². The van der Waals surface area contributed by atoms with Crippen LogP contribution in [-0.4, -0.2) is 44.3 Å². The largest absolute Gasteiger partial charge is 0.457 e. The number of benzene rings is 5. The van der Waals surface area contributed by atoms with Gasteiger partial charge in [-0.15, -0.1) is 0 Å². The molecule has 1 N–H and O–H groups in total. The third-order valence-electron chi connectivity index (χ3n) is 8.05. The maximum Gasteiger partial charge on any atom is 0.264 e. The van der Waals surface area contributed by atoms with Crippen molar-refractivity contribution in [1.29, 1.82) is 0 Å².